The first-order chi connectivity index (χ1) is 6.27. The molecule has 0 heterocycles. The molecule has 0 radical (unpaired) electrons. The Morgan fingerprint density at radius 1 is 1.23 bits per heavy atom. The van der Waals surface area contributed by atoms with Gasteiger partial charge in [0.1, 0.15) is 0 Å². The maximum Gasteiger partial charge on any atom is 0.0991 e. The molecule has 0 fully saturated rings. The molecule has 1 aromatic rings. The van der Waals surface area contributed by atoms with Crippen LogP contribution in [-0.2, 0) is 6.42 Å². The van der Waals surface area contributed by atoms with Gasteiger partial charge in [-0.1, -0.05) is 30.8 Å². The van der Waals surface area contributed by atoms with Crippen LogP contribution in [0.25, 0.3) is 5.57 Å². The number of hydrogen-bond acceptors (Lipinski definition) is 2. The molecule has 0 aliphatic heterocycles. The van der Waals surface area contributed by atoms with Gasteiger partial charge < -0.3 is 0 Å². The van der Waals surface area contributed by atoms with Gasteiger partial charge in [-0.05, 0) is 11.1 Å². The van der Waals surface area contributed by atoms with Gasteiger partial charge in [-0.15, -0.1) is 0 Å². The van der Waals surface area contributed by atoms with E-state index < -0.39 is 0 Å². The SMILES string of the molecule is C=C(C#N)c1ccc(CC#N)cc1. The highest BCUT2D eigenvalue weighted by Crippen LogP contribution is 2.12. The van der Waals surface area contributed by atoms with E-state index in [0.717, 1.165) is 11.1 Å². The summed E-state index contributed by atoms with van der Waals surface area (Å²) in [6.45, 7) is 3.59. The van der Waals surface area contributed by atoms with Crippen molar-refractivity contribution < 1.29 is 0 Å². The number of hydrogen-bond donors (Lipinski definition) is 0. The summed E-state index contributed by atoms with van der Waals surface area (Å²) in [7, 11) is 0. The van der Waals surface area contributed by atoms with Crippen LogP contribution in [0.15, 0.2) is 30.8 Å². The van der Waals surface area contributed by atoms with Crippen LogP contribution in [0.5, 0.6) is 0 Å². The van der Waals surface area contributed by atoms with E-state index in [9.17, 15) is 0 Å². The fraction of sp³-hybridized carbons (Fsp3) is 0.0909. The molecule has 0 unspecified atom stereocenters. The van der Waals surface area contributed by atoms with Crippen LogP contribution >= 0.6 is 0 Å². The van der Waals surface area contributed by atoms with Gasteiger partial charge in [0.15, 0.2) is 0 Å². The van der Waals surface area contributed by atoms with Gasteiger partial charge in [0.2, 0.25) is 0 Å². The summed E-state index contributed by atoms with van der Waals surface area (Å²) < 4.78 is 0. The zero-order valence-corrected chi connectivity index (χ0v) is 7.12. The van der Waals surface area contributed by atoms with E-state index in [2.05, 4.69) is 12.6 Å². The first-order valence-corrected chi connectivity index (χ1v) is 3.83. The van der Waals surface area contributed by atoms with Crippen LogP contribution in [0.3, 0.4) is 0 Å². The van der Waals surface area contributed by atoms with Crippen molar-refractivity contribution in [3.05, 3.63) is 42.0 Å². The predicted octanol–water partition coefficient (Wildman–Crippen LogP) is 2.29. The Hall–Kier alpha value is -2.06. The van der Waals surface area contributed by atoms with E-state index in [1.807, 2.05) is 18.2 Å². The highest BCUT2D eigenvalue weighted by molar-refractivity contribution is 5.74. The third-order valence-electron chi connectivity index (χ3n) is 1.72. The van der Waals surface area contributed by atoms with Gasteiger partial charge >= 0.3 is 0 Å². The summed E-state index contributed by atoms with van der Waals surface area (Å²) in [5, 5.41) is 17.0. The van der Waals surface area contributed by atoms with E-state index in [4.69, 9.17) is 10.5 Å². The molecule has 2 heteroatoms. The third-order valence-corrected chi connectivity index (χ3v) is 1.72. The van der Waals surface area contributed by atoms with E-state index in [0.29, 0.717) is 12.0 Å². The average Bonchev–Trinajstić information content (AvgIpc) is 2.18. The van der Waals surface area contributed by atoms with Crippen molar-refractivity contribution in [1.29, 1.82) is 10.5 Å². The minimum Gasteiger partial charge on any atom is -0.198 e. The fourth-order valence-electron chi connectivity index (χ4n) is 0.980. The van der Waals surface area contributed by atoms with Crippen molar-refractivity contribution in [1.82, 2.24) is 0 Å². The highest BCUT2D eigenvalue weighted by Gasteiger charge is 1.96. The summed E-state index contributed by atoms with van der Waals surface area (Å²) in [5.74, 6) is 0. The molecule has 0 amide bonds. The normalized spacial score (nSPS) is 8.46. The molecule has 0 aliphatic rings. The first kappa shape index (κ1) is 9.03. The molecule has 1 aromatic carbocycles. The van der Waals surface area contributed by atoms with Gasteiger partial charge in [-0.25, -0.2) is 0 Å². The average molecular weight is 168 g/mol. The second-order valence-corrected chi connectivity index (χ2v) is 2.62. The smallest absolute Gasteiger partial charge is 0.0991 e. The zero-order chi connectivity index (χ0) is 9.68. The maximum absolute atomic E-state index is 8.56. The second kappa shape index (κ2) is 4.09. The summed E-state index contributed by atoms with van der Waals surface area (Å²) in [6.07, 6.45) is 0.402. The number of allylic oxidation sites excluding steroid dienone is 1. The quantitative estimate of drug-likeness (QED) is 0.636. The Kier molecular flexibility index (Phi) is 2.84. The molecular weight excluding hydrogens is 160 g/mol. The molecule has 0 saturated carbocycles. The molecular formula is C11H8N2. The van der Waals surface area contributed by atoms with E-state index in [-0.39, 0.29) is 0 Å². The van der Waals surface area contributed by atoms with Gasteiger partial charge in [0.05, 0.1) is 24.1 Å². The number of nitrogens with zero attached hydrogens (tertiary/aromatic N) is 2. The molecule has 2 nitrogen and oxygen atoms in total. The lowest BCUT2D eigenvalue weighted by Crippen LogP contribution is -1.83. The van der Waals surface area contributed by atoms with Crippen molar-refractivity contribution >= 4 is 5.57 Å². The molecule has 0 saturated heterocycles. The third kappa shape index (κ3) is 2.18. The zero-order valence-electron chi connectivity index (χ0n) is 7.12. The van der Waals surface area contributed by atoms with Crippen LogP contribution in [0.2, 0.25) is 0 Å². The number of nitriles is 2. The predicted molar refractivity (Wildman–Crippen MR) is 50.4 cm³/mol. The lowest BCUT2D eigenvalue weighted by Gasteiger charge is -1.97. The lowest BCUT2D eigenvalue weighted by atomic mass is 10.1. The second-order valence-electron chi connectivity index (χ2n) is 2.62. The monoisotopic (exact) mass is 168 g/mol. The molecule has 62 valence electrons. The maximum atomic E-state index is 8.56. The van der Waals surface area contributed by atoms with E-state index in [1.54, 1.807) is 12.1 Å². The van der Waals surface area contributed by atoms with Crippen molar-refractivity contribution in [3.8, 4) is 12.1 Å². The molecule has 0 atom stereocenters. The van der Waals surface area contributed by atoms with Crippen molar-refractivity contribution in [2.45, 2.75) is 6.42 Å². The van der Waals surface area contributed by atoms with E-state index in [1.165, 1.54) is 0 Å². The Morgan fingerprint density at radius 3 is 2.31 bits per heavy atom. The van der Waals surface area contributed by atoms with Crippen LogP contribution in [0.4, 0.5) is 0 Å². The number of rotatable bonds is 2. The molecule has 0 bridgehead atoms. The summed E-state index contributed by atoms with van der Waals surface area (Å²) in [6, 6.07) is 11.3. The Labute approximate surface area is 77.4 Å². The van der Waals surface area contributed by atoms with Gasteiger partial charge in [-0.3, -0.25) is 0 Å². The largest absolute Gasteiger partial charge is 0.198 e. The topological polar surface area (TPSA) is 47.6 Å². The van der Waals surface area contributed by atoms with Crippen LogP contribution < -0.4 is 0 Å². The molecule has 0 aromatic heterocycles. The standard InChI is InChI=1S/C11H8N2/c1-9(8-13)11-4-2-10(3-5-11)6-7-12/h2-5H,1,6H2. The molecule has 1 rings (SSSR count). The van der Waals surface area contributed by atoms with Crippen LogP contribution in [-0.4, -0.2) is 0 Å². The van der Waals surface area contributed by atoms with E-state index >= 15 is 0 Å². The summed E-state index contributed by atoms with van der Waals surface area (Å²) in [5.41, 5.74) is 2.21. The van der Waals surface area contributed by atoms with Gasteiger partial charge in [-0.2, -0.15) is 10.5 Å². The Morgan fingerprint density at radius 2 is 1.85 bits per heavy atom. The first-order valence-electron chi connectivity index (χ1n) is 3.83. The number of benzene rings is 1. The van der Waals surface area contributed by atoms with Crippen molar-refractivity contribution in [2.24, 2.45) is 0 Å². The van der Waals surface area contributed by atoms with Crippen molar-refractivity contribution in [3.63, 3.8) is 0 Å². The van der Waals surface area contributed by atoms with Gasteiger partial charge in [0, 0.05) is 0 Å². The lowest BCUT2D eigenvalue weighted by molar-refractivity contribution is 1.26. The van der Waals surface area contributed by atoms with Crippen LogP contribution in [0.1, 0.15) is 11.1 Å². The summed E-state index contributed by atoms with van der Waals surface area (Å²) >= 11 is 0. The molecule has 13 heavy (non-hydrogen) atoms. The highest BCUT2D eigenvalue weighted by atomic mass is 14.2. The molecule has 0 spiro atoms. The minimum absolute atomic E-state index is 0.402. The molecule has 0 N–H and O–H groups in total. The Balaban J connectivity index is 2.90. The molecule has 0 aliphatic carbocycles. The van der Waals surface area contributed by atoms with Crippen molar-refractivity contribution in [2.75, 3.05) is 0 Å². The summed E-state index contributed by atoms with van der Waals surface area (Å²) in [4.78, 5) is 0. The fourth-order valence-corrected chi connectivity index (χ4v) is 0.980. The van der Waals surface area contributed by atoms with Crippen LogP contribution in [0, 0.1) is 22.7 Å². The van der Waals surface area contributed by atoms with Gasteiger partial charge in [0.25, 0.3) is 0 Å². The Bertz CT molecular complexity index is 388. The minimum atomic E-state index is 0.402.